The SMILES string of the molecule is CCCNC(COCC(F)(F)F)Cc1cccc(Br)c1. The van der Waals surface area contributed by atoms with E-state index < -0.39 is 12.8 Å². The van der Waals surface area contributed by atoms with Gasteiger partial charge in [-0.25, -0.2) is 0 Å². The Morgan fingerprint density at radius 2 is 2.10 bits per heavy atom. The molecule has 0 saturated heterocycles. The topological polar surface area (TPSA) is 21.3 Å². The van der Waals surface area contributed by atoms with Crippen molar-refractivity contribution in [1.29, 1.82) is 0 Å². The highest BCUT2D eigenvalue weighted by atomic mass is 79.9. The minimum absolute atomic E-state index is 0.0476. The summed E-state index contributed by atoms with van der Waals surface area (Å²) in [6.45, 7) is 1.62. The van der Waals surface area contributed by atoms with Crippen LogP contribution in [0.25, 0.3) is 0 Å². The summed E-state index contributed by atoms with van der Waals surface area (Å²) in [4.78, 5) is 0. The molecule has 1 aromatic rings. The van der Waals surface area contributed by atoms with E-state index in [4.69, 9.17) is 4.74 Å². The fourth-order valence-corrected chi connectivity index (χ4v) is 2.25. The van der Waals surface area contributed by atoms with Crippen molar-refractivity contribution in [2.45, 2.75) is 32.0 Å². The van der Waals surface area contributed by atoms with E-state index in [0.29, 0.717) is 6.42 Å². The minimum atomic E-state index is -4.27. The first kappa shape index (κ1) is 17.5. The third-order valence-electron chi connectivity index (χ3n) is 2.64. The van der Waals surface area contributed by atoms with Gasteiger partial charge in [0.25, 0.3) is 0 Å². The van der Waals surface area contributed by atoms with Crippen molar-refractivity contribution in [2.75, 3.05) is 19.8 Å². The zero-order valence-corrected chi connectivity index (χ0v) is 12.9. The maximum absolute atomic E-state index is 12.1. The van der Waals surface area contributed by atoms with E-state index in [1.807, 2.05) is 31.2 Å². The van der Waals surface area contributed by atoms with E-state index in [1.165, 1.54) is 0 Å². The molecule has 1 unspecified atom stereocenters. The Kier molecular flexibility index (Phi) is 7.55. The molecule has 0 aromatic heterocycles. The molecule has 0 aliphatic rings. The molecule has 0 aliphatic heterocycles. The number of alkyl halides is 3. The van der Waals surface area contributed by atoms with Crippen LogP contribution in [0.5, 0.6) is 0 Å². The van der Waals surface area contributed by atoms with Crippen molar-refractivity contribution in [3.63, 3.8) is 0 Å². The Morgan fingerprint density at radius 1 is 1.35 bits per heavy atom. The summed E-state index contributed by atoms with van der Waals surface area (Å²) in [5.41, 5.74) is 1.06. The number of rotatable bonds is 8. The van der Waals surface area contributed by atoms with Crippen molar-refractivity contribution in [1.82, 2.24) is 5.32 Å². The molecule has 114 valence electrons. The fraction of sp³-hybridized carbons (Fsp3) is 0.571. The number of hydrogen-bond donors (Lipinski definition) is 1. The van der Waals surface area contributed by atoms with E-state index in [2.05, 4.69) is 21.2 Å². The van der Waals surface area contributed by atoms with Crippen LogP contribution in [0.3, 0.4) is 0 Å². The zero-order valence-electron chi connectivity index (χ0n) is 11.3. The lowest BCUT2D eigenvalue weighted by Gasteiger charge is -2.19. The first-order chi connectivity index (χ1) is 9.40. The van der Waals surface area contributed by atoms with E-state index in [-0.39, 0.29) is 12.6 Å². The fourth-order valence-electron chi connectivity index (χ4n) is 1.80. The summed E-state index contributed by atoms with van der Waals surface area (Å²) in [7, 11) is 0. The van der Waals surface area contributed by atoms with Crippen molar-refractivity contribution in [2.24, 2.45) is 0 Å². The molecule has 0 saturated carbocycles. The molecule has 1 N–H and O–H groups in total. The standard InChI is InChI=1S/C14H19BrF3NO/c1-2-6-19-13(9-20-10-14(16,17)18)8-11-4-3-5-12(15)7-11/h3-5,7,13,19H,2,6,8-10H2,1H3. The van der Waals surface area contributed by atoms with Gasteiger partial charge < -0.3 is 10.1 Å². The van der Waals surface area contributed by atoms with Crippen LogP contribution in [-0.2, 0) is 11.2 Å². The second-order valence-electron chi connectivity index (χ2n) is 4.62. The minimum Gasteiger partial charge on any atom is -0.370 e. The molecule has 0 amide bonds. The second-order valence-corrected chi connectivity index (χ2v) is 5.53. The maximum atomic E-state index is 12.1. The average Bonchev–Trinajstić information content (AvgIpc) is 2.34. The van der Waals surface area contributed by atoms with Crippen molar-refractivity contribution in [3.8, 4) is 0 Å². The Labute approximate surface area is 125 Å². The number of benzene rings is 1. The van der Waals surface area contributed by atoms with Crippen LogP contribution in [0.4, 0.5) is 13.2 Å². The second kappa shape index (κ2) is 8.64. The molecular formula is C14H19BrF3NO. The Morgan fingerprint density at radius 3 is 2.70 bits per heavy atom. The van der Waals surface area contributed by atoms with Gasteiger partial charge in [-0.3, -0.25) is 0 Å². The van der Waals surface area contributed by atoms with E-state index in [1.54, 1.807) is 0 Å². The van der Waals surface area contributed by atoms with Crippen LogP contribution in [0, 0.1) is 0 Å². The predicted octanol–water partition coefficient (Wildman–Crippen LogP) is 3.94. The summed E-state index contributed by atoms with van der Waals surface area (Å²) in [5, 5.41) is 3.22. The molecule has 2 nitrogen and oxygen atoms in total. The molecule has 0 fully saturated rings. The largest absolute Gasteiger partial charge is 0.411 e. The molecule has 6 heteroatoms. The molecule has 1 aromatic carbocycles. The van der Waals surface area contributed by atoms with Crippen molar-refractivity contribution >= 4 is 15.9 Å². The molecule has 0 radical (unpaired) electrons. The van der Waals surface area contributed by atoms with Crippen LogP contribution in [-0.4, -0.2) is 32.0 Å². The monoisotopic (exact) mass is 353 g/mol. The number of hydrogen-bond acceptors (Lipinski definition) is 2. The molecule has 0 bridgehead atoms. The number of nitrogens with one attached hydrogen (secondary N) is 1. The third kappa shape index (κ3) is 7.87. The first-order valence-corrected chi connectivity index (χ1v) is 7.32. The third-order valence-corrected chi connectivity index (χ3v) is 3.13. The highest BCUT2D eigenvalue weighted by molar-refractivity contribution is 9.10. The van der Waals surface area contributed by atoms with Gasteiger partial charge in [-0.2, -0.15) is 13.2 Å². The predicted molar refractivity (Wildman–Crippen MR) is 76.8 cm³/mol. The van der Waals surface area contributed by atoms with Gasteiger partial charge in [0, 0.05) is 10.5 Å². The lowest BCUT2D eigenvalue weighted by molar-refractivity contribution is -0.175. The number of ether oxygens (including phenoxy) is 1. The molecule has 0 aliphatic carbocycles. The maximum Gasteiger partial charge on any atom is 0.411 e. The highest BCUT2D eigenvalue weighted by Gasteiger charge is 2.27. The van der Waals surface area contributed by atoms with Gasteiger partial charge in [-0.15, -0.1) is 0 Å². The van der Waals surface area contributed by atoms with Gasteiger partial charge in [-0.1, -0.05) is 35.0 Å². The summed E-state index contributed by atoms with van der Waals surface area (Å²) < 4.78 is 42.0. The van der Waals surface area contributed by atoms with Gasteiger partial charge in [0.2, 0.25) is 0 Å². The molecular weight excluding hydrogens is 335 g/mol. The normalized spacial score (nSPS) is 13.4. The molecule has 0 spiro atoms. The van der Waals surface area contributed by atoms with Crippen LogP contribution in [0.15, 0.2) is 28.7 Å². The smallest absolute Gasteiger partial charge is 0.370 e. The average molecular weight is 354 g/mol. The molecule has 20 heavy (non-hydrogen) atoms. The van der Waals surface area contributed by atoms with Gasteiger partial charge in [0.05, 0.1) is 6.61 Å². The summed E-state index contributed by atoms with van der Waals surface area (Å²) in [6, 6.07) is 7.62. The van der Waals surface area contributed by atoms with Crippen LogP contribution < -0.4 is 5.32 Å². The molecule has 0 heterocycles. The summed E-state index contributed by atoms with van der Waals surface area (Å²) in [5.74, 6) is 0. The Bertz CT molecular complexity index is 398. The van der Waals surface area contributed by atoms with Crippen LogP contribution >= 0.6 is 15.9 Å². The zero-order chi connectivity index (χ0) is 15.0. The van der Waals surface area contributed by atoms with Crippen molar-refractivity contribution < 1.29 is 17.9 Å². The molecule has 1 atom stereocenters. The Hall–Kier alpha value is -0.590. The van der Waals surface area contributed by atoms with E-state index in [9.17, 15) is 13.2 Å². The lowest BCUT2D eigenvalue weighted by Crippen LogP contribution is -2.37. The quantitative estimate of drug-likeness (QED) is 0.764. The highest BCUT2D eigenvalue weighted by Crippen LogP contribution is 2.16. The molecule has 1 rings (SSSR count). The van der Waals surface area contributed by atoms with Gasteiger partial charge in [0.1, 0.15) is 6.61 Å². The van der Waals surface area contributed by atoms with Gasteiger partial charge in [0.15, 0.2) is 0 Å². The summed E-state index contributed by atoms with van der Waals surface area (Å²) >= 11 is 3.38. The Balaban J connectivity index is 2.50. The van der Waals surface area contributed by atoms with Crippen LogP contribution in [0.1, 0.15) is 18.9 Å². The van der Waals surface area contributed by atoms with Crippen molar-refractivity contribution in [3.05, 3.63) is 34.3 Å². The van der Waals surface area contributed by atoms with Gasteiger partial charge >= 0.3 is 6.18 Å². The van der Waals surface area contributed by atoms with Crippen LogP contribution in [0.2, 0.25) is 0 Å². The first-order valence-electron chi connectivity index (χ1n) is 6.53. The summed E-state index contributed by atoms with van der Waals surface area (Å²) in [6.07, 6.45) is -2.71. The van der Waals surface area contributed by atoms with E-state index in [0.717, 1.165) is 23.0 Å². The van der Waals surface area contributed by atoms with E-state index >= 15 is 0 Å². The number of halogens is 4. The van der Waals surface area contributed by atoms with Gasteiger partial charge in [-0.05, 0) is 37.1 Å². The lowest BCUT2D eigenvalue weighted by atomic mass is 10.1.